The maximum absolute atomic E-state index is 4.34. The van der Waals surface area contributed by atoms with Crippen molar-refractivity contribution in [2.45, 2.75) is 40.0 Å². The van der Waals surface area contributed by atoms with E-state index in [1.165, 1.54) is 29.5 Å². The van der Waals surface area contributed by atoms with E-state index in [1.807, 2.05) is 7.05 Å². The van der Waals surface area contributed by atoms with Crippen molar-refractivity contribution in [3.05, 3.63) is 34.9 Å². The maximum Gasteiger partial charge on any atom is 0.193 e. The molecule has 21 heavy (non-hydrogen) atoms. The molecule has 1 rings (SSSR count). The molecule has 0 bridgehead atoms. The number of hydrogen-bond acceptors (Lipinski definition) is 1. The molecule has 0 spiro atoms. The highest BCUT2D eigenvalue weighted by Gasteiger charge is 2.05. The maximum atomic E-state index is 4.34. The van der Waals surface area contributed by atoms with Crippen molar-refractivity contribution in [2.24, 2.45) is 4.99 Å². The molecule has 0 fully saturated rings. The lowest BCUT2D eigenvalue weighted by molar-refractivity contribution is 0.465. The van der Waals surface area contributed by atoms with Crippen LogP contribution in [-0.4, -0.2) is 38.0 Å². The molecular formula is C17H30IN3. The number of unbranched alkanes of at least 4 members (excludes halogenated alkanes) is 1. The van der Waals surface area contributed by atoms with E-state index in [-0.39, 0.29) is 24.0 Å². The van der Waals surface area contributed by atoms with Gasteiger partial charge in [-0.2, -0.15) is 0 Å². The van der Waals surface area contributed by atoms with E-state index in [2.05, 4.69) is 61.2 Å². The Morgan fingerprint density at radius 3 is 2.57 bits per heavy atom. The van der Waals surface area contributed by atoms with Crippen LogP contribution in [-0.2, 0) is 6.42 Å². The van der Waals surface area contributed by atoms with Gasteiger partial charge in [0.1, 0.15) is 0 Å². The summed E-state index contributed by atoms with van der Waals surface area (Å²) in [6.07, 6.45) is 3.45. The Morgan fingerprint density at radius 2 is 2.00 bits per heavy atom. The second kappa shape index (κ2) is 10.9. The lowest BCUT2D eigenvalue weighted by atomic mass is 10.0. The predicted octanol–water partition coefficient (Wildman–Crippen LogP) is 3.77. The van der Waals surface area contributed by atoms with Crippen molar-refractivity contribution >= 4 is 29.9 Å². The zero-order valence-electron chi connectivity index (χ0n) is 14.1. The highest BCUT2D eigenvalue weighted by Crippen LogP contribution is 2.10. The third-order valence-electron chi connectivity index (χ3n) is 3.60. The zero-order valence-corrected chi connectivity index (χ0v) is 16.4. The highest BCUT2D eigenvalue weighted by molar-refractivity contribution is 14.0. The second-order valence-corrected chi connectivity index (χ2v) is 5.43. The molecule has 0 aliphatic heterocycles. The fourth-order valence-electron chi connectivity index (χ4n) is 2.32. The van der Waals surface area contributed by atoms with Crippen LogP contribution in [0.5, 0.6) is 0 Å². The minimum absolute atomic E-state index is 0. The number of rotatable bonds is 6. The summed E-state index contributed by atoms with van der Waals surface area (Å²) in [5.41, 5.74) is 4.12. The number of nitrogens with zero attached hydrogens (tertiary/aromatic N) is 2. The first-order valence-corrected chi connectivity index (χ1v) is 7.56. The molecule has 3 nitrogen and oxygen atoms in total. The fraction of sp³-hybridized carbons (Fsp3) is 0.588. The van der Waals surface area contributed by atoms with Crippen LogP contribution in [0.2, 0.25) is 0 Å². The van der Waals surface area contributed by atoms with E-state index in [4.69, 9.17) is 0 Å². The van der Waals surface area contributed by atoms with Crippen molar-refractivity contribution in [3.8, 4) is 0 Å². The molecule has 0 unspecified atom stereocenters. The SMILES string of the molecule is CCCCN(C)C(=NC)NCCc1ccc(C)cc1C.I. The monoisotopic (exact) mass is 403 g/mol. The molecule has 4 heteroatoms. The van der Waals surface area contributed by atoms with E-state index in [0.29, 0.717) is 0 Å². The van der Waals surface area contributed by atoms with E-state index in [9.17, 15) is 0 Å². The molecule has 0 saturated carbocycles. The van der Waals surface area contributed by atoms with Gasteiger partial charge in [0, 0.05) is 27.2 Å². The van der Waals surface area contributed by atoms with Gasteiger partial charge >= 0.3 is 0 Å². The van der Waals surface area contributed by atoms with Crippen LogP contribution >= 0.6 is 24.0 Å². The molecule has 0 aliphatic rings. The van der Waals surface area contributed by atoms with Crippen molar-refractivity contribution in [1.29, 1.82) is 0 Å². The molecule has 0 atom stereocenters. The van der Waals surface area contributed by atoms with E-state index >= 15 is 0 Å². The Kier molecular flexibility index (Phi) is 10.5. The summed E-state index contributed by atoms with van der Waals surface area (Å²) in [5.74, 6) is 0.989. The molecule has 1 aromatic carbocycles. The van der Waals surface area contributed by atoms with Gasteiger partial charge in [0.25, 0.3) is 0 Å². The van der Waals surface area contributed by atoms with Gasteiger partial charge in [-0.15, -0.1) is 24.0 Å². The Morgan fingerprint density at radius 1 is 1.29 bits per heavy atom. The van der Waals surface area contributed by atoms with Gasteiger partial charge in [-0.1, -0.05) is 37.1 Å². The van der Waals surface area contributed by atoms with Crippen LogP contribution in [0.3, 0.4) is 0 Å². The third-order valence-corrected chi connectivity index (χ3v) is 3.60. The predicted molar refractivity (Wildman–Crippen MR) is 104 cm³/mol. The van der Waals surface area contributed by atoms with Crippen molar-refractivity contribution in [1.82, 2.24) is 10.2 Å². The molecule has 0 radical (unpaired) electrons. The standard InChI is InChI=1S/C17H29N3.HI/c1-6-7-12-20(5)17(18-4)19-11-10-16-9-8-14(2)13-15(16)3;/h8-9,13H,6-7,10-12H2,1-5H3,(H,18,19);1H. The first-order chi connectivity index (χ1) is 9.58. The summed E-state index contributed by atoms with van der Waals surface area (Å²) in [4.78, 5) is 6.54. The molecule has 0 amide bonds. The fourth-order valence-corrected chi connectivity index (χ4v) is 2.32. The summed E-state index contributed by atoms with van der Waals surface area (Å²) >= 11 is 0. The third kappa shape index (κ3) is 7.16. The Balaban J connectivity index is 0.00000400. The topological polar surface area (TPSA) is 27.6 Å². The van der Waals surface area contributed by atoms with E-state index in [1.54, 1.807) is 0 Å². The number of benzene rings is 1. The molecule has 1 N–H and O–H groups in total. The molecule has 1 aromatic rings. The summed E-state index contributed by atoms with van der Waals surface area (Å²) < 4.78 is 0. The average Bonchev–Trinajstić information content (AvgIpc) is 2.43. The minimum Gasteiger partial charge on any atom is -0.356 e. The number of aryl methyl sites for hydroxylation is 2. The molecule has 0 aliphatic carbocycles. The summed E-state index contributed by atoms with van der Waals surface area (Å²) in [6, 6.07) is 6.66. The first-order valence-electron chi connectivity index (χ1n) is 7.56. The number of hydrogen-bond donors (Lipinski definition) is 1. The van der Waals surface area contributed by atoms with Crippen LogP contribution in [0.4, 0.5) is 0 Å². The minimum atomic E-state index is 0. The van der Waals surface area contributed by atoms with E-state index in [0.717, 1.165) is 25.5 Å². The lowest BCUT2D eigenvalue weighted by Crippen LogP contribution is -2.40. The Hall–Kier alpha value is -0.780. The highest BCUT2D eigenvalue weighted by atomic mass is 127. The normalized spacial score (nSPS) is 11.0. The Labute approximate surface area is 147 Å². The number of aliphatic imine (C=N–C) groups is 1. The smallest absolute Gasteiger partial charge is 0.193 e. The van der Waals surface area contributed by atoms with Crippen LogP contribution in [0, 0.1) is 13.8 Å². The molecule has 0 aromatic heterocycles. The van der Waals surface area contributed by atoms with Crippen molar-refractivity contribution in [3.63, 3.8) is 0 Å². The quantitative estimate of drug-likeness (QED) is 0.445. The van der Waals surface area contributed by atoms with Gasteiger partial charge in [0.05, 0.1) is 0 Å². The molecule has 0 saturated heterocycles. The van der Waals surface area contributed by atoms with Gasteiger partial charge in [0.2, 0.25) is 0 Å². The van der Waals surface area contributed by atoms with Crippen molar-refractivity contribution in [2.75, 3.05) is 27.2 Å². The van der Waals surface area contributed by atoms with Gasteiger partial charge in [-0.05, 0) is 37.8 Å². The number of halogens is 1. The molecule has 0 heterocycles. The van der Waals surface area contributed by atoms with Gasteiger partial charge in [-0.3, -0.25) is 4.99 Å². The second-order valence-electron chi connectivity index (χ2n) is 5.43. The number of nitrogens with one attached hydrogen (secondary N) is 1. The van der Waals surface area contributed by atoms with Gasteiger partial charge in [0.15, 0.2) is 5.96 Å². The van der Waals surface area contributed by atoms with Crippen LogP contribution in [0.1, 0.15) is 36.5 Å². The largest absolute Gasteiger partial charge is 0.356 e. The van der Waals surface area contributed by atoms with E-state index < -0.39 is 0 Å². The van der Waals surface area contributed by atoms with Gasteiger partial charge in [-0.25, -0.2) is 0 Å². The zero-order chi connectivity index (χ0) is 15.0. The first kappa shape index (κ1) is 20.2. The van der Waals surface area contributed by atoms with Crippen LogP contribution in [0.25, 0.3) is 0 Å². The summed E-state index contributed by atoms with van der Waals surface area (Å²) in [6.45, 7) is 8.51. The summed E-state index contributed by atoms with van der Waals surface area (Å²) in [5, 5.41) is 3.44. The molecule has 120 valence electrons. The number of guanidine groups is 1. The lowest BCUT2D eigenvalue weighted by Gasteiger charge is -2.22. The Bertz CT molecular complexity index is 444. The summed E-state index contributed by atoms with van der Waals surface area (Å²) in [7, 11) is 3.95. The van der Waals surface area contributed by atoms with Gasteiger partial charge < -0.3 is 10.2 Å². The van der Waals surface area contributed by atoms with Crippen molar-refractivity contribution < 1.29 is 0 Å². The van der Waals surface area contributed by atoms with Crippen LogP contribution < -0.4 is 5.32 Å². The average molecular weight is 403 g/mol. The molecular weight excluding hydrogens is 373 g/mol. The van der Waals surface area contributed by atoms with Crippen LogP contribution in [0.15, 0.2) is 23.2 Å².